The van der Waals surface area contributed by atoms with E-state index in [0.29, 0.717) is 0 Å². The van der Waals surface area contributed by atoms with Crippen LogP contribution in [-0.4, -0.2) is 18.4 Å². The Morgan fingerprint density at radius 3 is 2.15 bits per heavy atom. The lowest BCUT2D eigenvalue weighted by atomic mass is 10.5. The highest BCUT2D eigenvalue weighted by molar-refractivity contribution is 7.86. The van der Waals surface area contributed by atoms with E-state index in [1.165, 1.54) is 6.92 Å². The molecule has 13 heavy (non-hydrogen) atoms. The molecule has 78 valence electrons. The van der Waals surface area contributed by atoms with Crippen molar-refractivity contribution in [3.05, 3.63) is 12.1 Å². The predicted octanol–water partition coefficient (Wildman–Crippen LogP) is 1.66. The van der Waals surface area contributed by atoms with Gasteiger partial charge in [0.25, 0.3) is 0 Å². The molecular formula is C5H7F3O4S. The van der Waals surface area contributed by atoms with E-state index in [2.05, 4.69) is 4.74 Å². The molecule has 0 aliphatic carbocycles. The molecule has 0 aliphatic rings. The van der Waals surface area contributed by atoms with Crippen molar-refractivity contribution in [3.63, 3.8) is 0 Å². The molecule has 0 heterocycles. The van der Waals surface area contributed by atoms with Gasteiger partial charge >= 0.3 is 22.2 Å². The van der Waals surface area contributed by atoms with E-state index in [9.17, 15) is 21.6 Å². The molecule has 1 unspecified atom stereocenters. The topological polar surface area (TPSA) is 63.6 Å². The summed E-state index contributed by atoms with van der Waals surface area (Å²) in [5, 5.41) is 0. The van der Waals surface area contributed by atoms with Crippen LogP contribution in [0.15, 0.2) is 12.1 Å². The van der Waals surface area contributed by atoms with Crippen LogP contribution in [0.2, 0.25) is 0 Å². The van der Waals surface area contributed by atoms with Gasteiger partial charge in [-0.25, -0.2) is 0 Å². The van der Waals surface area contributed by atoms with E-state index >= 15 is 0 Å². The van der Waals surface area contributed by atoms with Crippen molar-refractivity contribution >= 4 is 10.1 Å². The fourth-order valence-electron chi connectivity index (χ4n) is 0.515. The van der Waals surface area contributed by atoms with E-state index in [1.807, 2.05) is 0 Å². The number of rotatable bonds is 4. The molecule has 0 amide bonds. The van der Waals surface area contributed by atoms with E-state index in [0.717, 1.165) is 0 Å². The molecule has 1 N–H and O–H groups in total. The predicted molar refractivity (Wildman–Crippen MR) is 37.1 cm³/mol. The molecule has 0 aromatic carbocycles. The standard InChI is InChI=1S/C5H7F3O4S/c1-2-3(13(9,10)11)12-5(8)4(6)7/h3H,2H2,1H3,(H,9,10,11). The maximum atomic E-state index is 12.0. The SMILES string of the molecule is CCC(OC(F)=C(F)F)S(=O)(=O)O. The molecule has 0 saturated carbocycles. The highest BCUT2D eigenvalue weighted by Gasteiger charge is 2.25. The van der Waals surface area contributed by atoms with Gasteiger partial charge in [-0.15, -0.1) is 0 Å². The molecule has 1 atom stereocenters. The molecule has 0 rings (SSSR count). The zero-order chi connectivity index (χ0) is 10.6. The van der Waals surface area contributed by atoms with Crippen LogP contribution in [0, 0.1) is 0 Å². The first-order chi connectivity index (χ1) is 5.79. The highest BCUT2D eigenvalue weighted by atomic mass is 32.2. The van der Waals surface area contributed by atoms with Crippen LogP contribution in [0.3, 0.4) is 0 Å². The van der Waals surface area contributed by atoms with Crippen molar-refractivity contribution in [1.82, 2.24) is 0 Å². The third kappa shape index (κ3) is 4.13. The second-order valence-corrected chi connectivity index (χ2v) is 3.56. The van der Waals surface area contributed by atoms with Crippen LogP contribution < -0.4 is 0 Å². The molecule has 0 bridgehead atoms. The van der Waals surface area contributed by atoms with Crippen molar-refractivity contribution < 1.29 is 30.9 Å². The Morgan fingerprint density at radius 2 is 1.92 bits per heavy atom. The van der Waals surface area contributed by atoms with Gasteiger partial charge in [0.05, 0.1) is 0 Å². The minimum atomic E-state index is -4.67. The number of ether oxygens (including phenoxy) is 1. The Labute approximate surface area is 72.7 Å². The van der Waals surface area contributed by atoms with Crippen molar-refractivity contribution in [3.8, 4) is 0 Å². The van der Waals surface area contributed by atoms with Crippen molar-refractivity contribution in [2.75, 3.05) is 0 Å². The fourth-order valence-corrected chi connectivity index (χ4v) is 1.14. The first-order valence-corrected chi connectivity index (χ1v) is 4.63. The van der Waals surface area contributed by atoms with Crippen LogP contribution in [0.5, 0.6) is 0 Å². The van der Waals surface area contributed by atoms with E-state index in [1.54, 1.807) is 0 Å². The van der Waals surface area contributed by atoms with Crippen LogP contribution in [0.1, 0.15) is 13.3 Å². The van der Waals surface area contributed by atoms with Gasteiger partial charge in [0, 0.05) is 0 Å². The lowest BCUT2D eigenvalue weighted by Crippen LogP contribution is -2.22. The molecule has 0 saturated heterocycles. The quantitative estimate of drug-likeness (QED) is 0.578. The highest BCUT2D eigenvalue weighted by Crippen LogP contribution is 2.17. The first kappa shape index (κ1) is 12.2. The van der Waals surface area contributed by atoms with Gasteiger partial charge in [-0.1, -0.05) is 6.92 Å². The van der Waals surface area contributed by atoms with Crippen LogP contribution in [-0.2, 0) is 14.9 Å². The summed E-state index contributed by atoms with van der Waals surface area (Å²) < 4.78 is 67.5. The average molecular weight is 220 g/mol. The maximum absolute atomic E-state index is 12.0. The fraction of sp³-hybridized carbons (Fsp3) is 0.600. The summed E-state index contributed by atoms with van der Waals surface area (Å²) >= 11 is 0. The number of halogens is 3. The minimum absolute atomic E-state index is 0.348. The molecule has 8 heteroatoms. The van der Waals surface area contributed by atoms with E-state index in [-0.39, 0.29) is 6.42 Å². The molecule has 0 aromatic heterocycles. The van der Waals surface area contributed by atoms with Crippen LogP contribution in [0.4, 0.5) is 13.2 Å². The normalized spacial score (nSPS) is 13.6. The van der Waals surface area contributed by atoms with Crippen molar-refractivity contribution in [1.29, 1.82) is 0 Å². The van der Waals surface area contributed by atoms with Crippen molar-refractivity contribution in [2.24, 2.45) is 0 Å². The summed E-state index contributed by atoms with van der Waals surface area (Å²) in [7, 11) is -4.67. The van der Waals surface area contributed by atoms with Gasteiger partial charge < -0.3 is 4.74 Å². The molecular weight excluding hydrogens is 213 g/mol. The Bertz CT molecular complexity index is 293. The Hall–Kier alpha value is -0.760. The lowest BCUT2D eigenvalue weighted by molar-refractivity contribution is 0.0890. The van der Waals surface area contributed by atoms with Gasteiger partial charge in [0.1, 0.15) is 0 Å². The first-order valence-electron chi connectivity index (χ1n) is 3.12. The monoisotopic (exact) mass is 220 g/mol. The number of hydrogen-bond acceptors (Lipinski definition) is 3. The molecule has 0 aromatic rings. The van der Waals surface area contributed by atoms with Crippen LogP contribution in [0.25, 0.3) is 0 Å². The second-order valence-electron chi connectivity index (χ2n) is 2.00. The molecule has 4 nitrogen and oxygen atoms in total. The minimum Gasteiger partial charge on any atom is -0.445 e. The van der Waals surface area contributed by atoms with E-state index in [4.69, 9.17) is 4.55 Å². The number of hydrogen-bond donors (Lipinski definition) is 1. The van der Waals surface area contributed by atoms with Crippen LogP contribution >= 0.6 is 0 Å². The molecule has 0 radical (unpaired) electrons. The zero-order valence-corrected chi connectivity index (χ0v) is 7.32. The molecule has 0 aliphatic heterocycles. The smallest absolute Gasteiger partial charge is 0.342 e. The largest absolute Gasteiger partial charge is 0.445 e. The summed E-state index contributed by atoms with van der Waals surface area (Å²) in [6.45, 7) is 1.22. The van der Waals surface area contributed by atoms with E-state index < -0.39 is 27.6 Å². The second kappa shape index (κ2) is 4.47. The third-order valence-corrected chi connectivity index (χ3v) is 2.14. The summed E-state index contributed by atoms with van der Waals surface area (Å²) in [6, 6.07) is -2.30. The van der Waals surface area contributed by atoms with Gasteiger partial charge in [-0.3, -0.25) is 4.55 Å². The van der Waals surface area contributed by atoms with Gasteiger partial charge in [-0.2, -0.15) is 21.6 Å². The average Bonchev–Trinajstić information content (AvgIpc) is 1.96. The van der Waals surface area contributed by atoms with Gasteiger partial charge in [0.15, 0.2) is 0 Å². The molecule has 0 spiro atoms. The summed E-state index contributed by atoms with van der Waals surface area (Å²) in [6.07, 6.45) is -3.12. The Morgan fingerprint density at radius 1 is 1.46 bits per heavy atom. The summed E-state index contributed by atoms with van der Waals surface area (Å²) in [5.41, 5.74) is -2.01. The van der Waals surface area contributed by atoms with Crippen molar-refractivity contribution in [2.45, 2.75) is 18.8 Å². The lowest BCUT2D eigenvalue weighted by Gasteiger charge is -2.11. The third-order valence-electron chi connectivity index (χ3n) is 1.05. The van der Waals surface area contributed by atoms with Gasteiger partial charge in [0.2, 0.25) is 5.44 Å². The van der Waals surface area contributed by atoms with Gasteiger partial charge in [-0.05, 0) is 6.42 Å². The Balaban J connectivity index is 4.60. The maximum Gasteiger partial charge on any atom is 0.342 e. The zero-order valence-electron chi connectivity index (χ0n) is 6.50. The Kier molecular flexibility index (Phi) is 4.21. The summed E-state index contributed by atoms with van der Waals surface area (Å²) in [5.74, 6) is 0. The summed E-state index contributed by atoms with van der Waals surface area (Å²) in [4.78, 5) is 0. The molecule has 0 fully saturated rings.